The molecule has 6 heteroatoms. The van der Waals surface area contributed by atoms with Gasteiger partial charge in [0.25, 0.3) is 0 Å². The summed E-state index contributed by atoms with van der Waals surface area (Å²) < 4.78 is 17.0. The van der Waals surface area contributed by atoms with Gasteiger partial charge in [0.05, 0.1) is 0 Å². The van der Waals surface area contributed by atoms with Crippen LogP contribution in [0.4, 0.5) is 0 Å². The van der Waals surface area contributed by atoms with Crippen LogP contribution in [-0.2, 0) is 28.6 Å². The number of allylic oxidation sites excluding steroid dienone is 16. The number of unbranched alkanes of at least 4 members (excludes halogenated alkanes) is 38. The summed E-state index contributed by atoms with van der Waals surface area (Å²) >= 11 is 0. The van der Waals surface area contributed by atoms with Crippen LogP contribution < -0.4 is 0 Å². The second-order valence-corrected chi connectivity index (χ2v) is 23.8. The molecule has 0 fully saturated rings. The first-order chi connectivity index (χ1) is 41.0. The third kappa shape index (κ3) is 69.0. The van der Waals surface area contributed by atoms with Gasteiger partial charge in [-0.15, -0.1) is 0 Å². The van der Waals surface area contributed by atoms with Crippen molar-refractivity contribution in [2.24, 2.45) is 0 Å². The van der Waals surface area contributed by atoms with Gasteiger partial charge in [0.2, 0.25) is 0 Å². The van der Waals surface area contributed by atoms with Gasteiger partial charge in [-0.3, -0.25) is 14.4 Å². The predicted molar refractivity (Wildman–Crippen MR) is 362 cm³/mol. The van der Waals surface area contributed by atoms with E-state index in [9.17, 15) is 14.4 Å². The summed E-state index contributed by atoms with van der Waals surface area (Å²) in [7, 11) is 0. The van der Waals surface area contributed by atoms with Crippen molar-refractivity contribution >= 4 is 17.9 Å². The Hall–Kier alpha value is -3.67. The van der Waals surface area contributed by atoms with Crippen molar-refractivity contribution in [1.29, 1.82) is 0 Å². The van der Waals surface area contributed by atoms with Gasteiger partial charge in [-0.1, -0.05) is 311 Å². The Labute approximate surface area is 515 Å². The van der Waals surface area contributed by atoms with E-state index >= 15 is 0 Å². The fourth-order valence-electron chi connectivity index (χ4n) is 10.2. The standard InChI is InChI=1S/C77H134O6/c1-4-7-10-13-16-19-22-25-28-30-32-33-34-35-36-37-38-39-40-41-42-43-45-46-49-52-55-58-61-64-67-70-76(79)82-73-74(72-81-75(78)69-66-63-60-57-54-51-48-27-24-21-18-15-12-9-6-3)83-77(80)71-68-65-62-59-56-53-50-47-44-31-29-26-23-20-17-14-11-8-5-2/h7,10,16-21,25-29,32-33,48,74H,4-6,8-9,11-15,22-24,30-31,34-47,49-73H2,1-3H3/b10-7-,19-16-,20-17-,21-18-,28-25-,29-26-,33-32-,48-27-. The lowest BCUT2D eigenvalue weighted by atomic mass is 10.0. The topological polar surface area (TPSA) is 78.9 Å². The molecule has 0 rings (SSSR count). The molecule has 0 aromatic carbocycles. The van der Waals surface area contributed by atoms with Crippen LogP contribution in [0.2, 0.25) is 0 Å². The summed E-state index contributed by atoms with van der Waals surface area (Å²) in [5.74, 6) is -0.881. The molecule has 478 valence electrons. The molecule has 0 aromatic rings. The largest absolute Gasteiger partial charge is 0.462 e. The molecule has 0 saturated heterocycles. The quantitative estimate of drug-likeness (QED) is 0.0261. The Morgan fingerprint density at radius 3 is 0.735 bits per heavy atom. The normalized spacial score (nSPS) is 12.7. The Kier molecular flexibility index (Phi) is 67.7. The van der Waals surface area contributed by atoms with Crippen LogP contribution in [0.3, 0.4) is 0 Å². The molecular formula is C77H134O6. The molecule has 0 saturated carbocycles. The zero-order chi connectivity index (χ0) is 59.9. The third-order valence-electron chi connectivity index (χ3n) is 15.5. The van der Waals surface area contributed by atoms with E-state index in [0.29, 0.717) is 19.3 Å². The molecule has 0 radical (unpaired) electrons. The minimum Gasteiger partial charge on any atom is -0.462 e. The number of carbonyl (C=O) groups excluding carboxylic acids is 3. The van der Waals surface area contributed by atoms with Crippen LogP contribution in [0.5, 0.6) is 0 Å². The number of esters is 3. The van der Waals surface area contributed by atoms with Crippen molar-refractivity contribution < 1.29 is 28.6 Å². The van der Waals surface area contributed by atoms with Crippen LogP contribution in [0, 0.1) is 0 Å². The Morgan fingerprint density at radius 2 is 0.470 bits per heavy atom. The van der Waals surface area contributed by atoms with Gasteiger partial charge in [0, 0.05) is 19.3 Å². The van der Waals surface area contributed by atoms with Crippen LogP contribution >= 0.6 is 0 Å². The zero-order valence-electron chi connectivity index (χ0n) is 54.9. The van der Waals surface area contributed by atoms with Crippen LogP contribution in [-0.4, -0.2) is 37.2 Å². The summed E-state index contributed by atoms with van der Waals surface area (Å²) in [5.41, 5.74) is 0. The lowest BCUT2D eigenvalue weighted by Gasteiger charge is -2.18. The van der Waals surface area contributed by atoms with Crippen molar-refractivity contribution in [1.82, 2.24) is 0 Å². The summed E-state index contributed by atoms with van der Waals surface area (Å²) in [4.78, 5) is 38.4. The number of ether oxygens (including phenoxy) is 3. The highest BCUT2D eigenvalue weighted by atomic mass is 16.6. The van der Waals surface area contributed by atoms with Gasteiger partial charge in [0.1, 0.15) is 13.2 Å². The van der Waals surface area contributed by atoms with Crippen molar-refractivity contribution in [3.05, 3.63) is 97.2 Å². The van der Waals surface area contributed by atoms with Crippen molar-refractivity contribution in [3.8, 4) is 0 Å². The number of hydrogen-bond donors (Lipinski definition) is 0. The van der Waals surface area contributed by atoms with Crippen molar-refractivity contribution in [2.75, 3.05) is 13.2 Å². The molecule has 0 aliphatic rings. The average Bonchev–Trinajstić information content (AvgIpc) is 3.49. The predicted octanol–water partition coefficient (Wildman–Crippen LogP) is 24.8. The summed E-state index contributed by atoms with van der Waals surface area (Å²) in [6.07, 6.45) is 95.8. The van der Waals surface area contributed by atoms with E-state index in [0.717, 1.165) is 109 Å². The van der Waals surface area contributed by atoms with E-state index in [4.69, 9.17) is 14.2 Å². The first-order valence-corrected chi connectivity index (χ1v) is 35.7. The second kappa shape index (κ2) is 70.8. The highest BCUT2D eigenvalue weighted by Gasteiger charge is 2.19. The lowest BCUT2D eigenvalue weighted by Crippen LogP contribution is -2.30. The highest BCUT2D eigenvalue weighted by molar-refractivity contribution is 5.71. The van der Waals surface area contributed by atoms with E-state index in [1.54, 1.807) is 0 Å². The van der Waals surface area contributed by atoms with E-state index < -0.39 is 6.10 Å². The maximum atomic E-state index is 12.9. The summed E-state index contributed by atoms with van der Waals surface area (Å²) in [6, 6.07) is 0. The molecule has 1 atom stereocenters. The Balaban J connectivity index is 4.24. The minimum absolute atomic E-state index is 0.0804. The van der Waals surface area contributed by atoms with Crippen molar-refractivity contribution in [3.63, 3.8) is 0 Å². The summed E-state index contributed by atoms with van der Waals surface area (Å²) in [5, 5.41) is 0. The van der Waals surface area contributed by atoms with Crippen LogP contribution in [0.15, 0.2) is 97.2 Å². The maximum Gasteiger partial charge on any atom is 0.306 e. The van der Waals surface area contributed by atoms with Crippen molar-refractivity contribution in [2.45, 2.75) is 361 Å². The Morgan fingerprint density at radius 1 is 0.253 bits per heavy atom. The van der Waals surface area contributed by atoms with E-state index in [-0.39, 0.29) is 31.1 Å². The average molecular weight is 1160 g/mol. The van der Waals surface area contributed by atoms with E-state index in [2.05, 4.69) is 118 Å². The number of hydrogen-bond acceptors (Lipinski definition) is 6. The van der Waals surface area contributed by atoms with Crippen LogP contribution in [0.25, 0.3) is 0 Å². The fourth-order valence-corrected chi connectivity index (χ4v) is 10.2. The van der Waals surface area contributed by atoms with Gasteiger partial charge >= 0.3 is 17.9 Å². The zero-order valence-corrected chi connectivity index (χ0v) is 54.9. The SMILES string of the molecule is CC/C=C\C/C=C\C/C=C\C/C=C\CCCCCCCCCCCCCCCCCCCCC(=O)OCC(COC(=O)CCCCCCC/C=C\C/C=C\CCCCC)OC(=O)CCCCCCCCCCC/C=C\C/C=C\CCCCC. The summed E-state index contributed by atoms with van der Waals surface area (Å²) in [6.45, 7) is 6.50. The molecule has 83 heavy (non-hydrogen) atoms. The number of carbonyl (C=O) groups is 3. The highest BCUT2D eigenvalue weighted by Crippen LogP contribution is 2.17. The molecule has 0 spiro atoms. The van der Waals surface area contributed by atoms with Gasteiger partial charge < -0.3 is 14.2 Å². The molecule has 0 N–H and O–H groups in total. The molecule has 0 aliphatic carbocycles. The molecule has 1 unspecified atom stereocenters. The van der Waals surface area contributed by atoms with E-state index in [1.165, 1.54) is 205 Å². The van der Waals surface area contributed by atoms with Crippen LogP contribution in [0.1, 0.15) is 355 Å². The minimum atomic E-state index is -0.786. The first-order valence-electron chi connectivity index (χ1n) is 35.7. The van der Waals surface area contributed by atoms with Gasteiger partial charge in [-0.2, -0.15) is 0 Å². The second-order valence-electron chi connectivity index (χ2n) is 23.8. The van der Waals surface area contributed by atoms with Gasteiger partial charge in [0.15, 0.2) is 6.10 Å². The van der Waals surface area contributed by atoms with E-state index in [1.807, 2.05) is 0 Å². The van der Waals surface area contributed by atoms with Gasteiger partial charge in [-0.25, -0.2) is 0 Å². The molecule has 0 bridgehead atoms. The third-order valence-corrected chi connectivity index (χ3v) is 15.5. The maximum absolute atomic E-state index is 12.9. The molecule has 6 nitrogen and oxygen atoms in total. The molecule has 0 aromatic heterocycles. The molecule has 0 amide bonds. The monoisotopic (exact) mass is 1160 g/mol. The molecule has 0 aliphatic heterocycles. The molecular weight excluding hydrogens is 1020 g/mol. The smallest absolute Gasteiger partial charge is 0.306 e. The lowest BCUT2D eigenvalue weighted by molar-refractivity contribution is -0.167. The fraction of sp³-hybridized carbons (Fsp3) is 0.753. The Bertz CT molecular complexity index is 1610. The first kappa shape index (κ1) is 79.3. The number of rotatable bonds is 65. The molecule has 0 heterocycles. The van der Waals surface area contributed by atoms with Gasteiger partial charge in [-0.05, 0) is 122 Å².